The molecule has 0 unspecified atom stereocenters. The molecule has 6 nitrogen and oxygen atoms in total. The van der Waals surface area contributed by atoms with E-state index in [9.17, 15) is 10.1 Å². The van der Waals surface area contributed by atoms with E-state index in [1.54, 1.807) is 24.4 Å². The maximum atomic E-state index is 11.2. The van der Waals surface area contributed by atoms with E-state index in [0.717, 1.165) is 5.69 Å². The van der Waals surface area contributed by atoms with Crippen LogP contribution in [0.5, 0.6) is 0 Å². The molecule has 1 aromatic carbocycles. The maximum absolute atomic E-state index is 11.2. The smallest absolute Gasteiger partial charge is 0.295 e. The molecule has 0 spiro atoms. The summed E-state index contributed by atoms with van der Waals surface area (Å²) < 4.78 is 0. The number of benzene rings is 1. The molecule has 3 aromatic rings. The number of aromatic nitrogens is 2. The Labute approximate surface area is 133 Å². The molecule has 23 heavy (non-hydrogen) atoms. The number of nitrogens with one attached hydrogen (secondary N) is 1. The molecule has 0 amide bonds. The van der Waals surface area contributed by atoms with Crippen molar-refractivity contribution in [2.45, 2.75) is 6.54 Å². The van der Waals surface area contributed by atoms with Gasteiger partial charge in [-0.05, 0) is 18.2 Å². The van der Waals surface area contributed by atoms with Gasteiger partial charge in [0.1, 0.15) is 5.82 Å². The number of pyridine rings is 2. The van der Waals surface area contributed by atoms with Crippen molar-refractivity contribution >= 4 is 11.5 Å². The van der Waals surface area contributed by atoms with Crippen molar-refractivity contribution < 1.29 is 4.92 Å². The Kier molecular flexibility index (Phi) is 4.24. The Hall–Kier alpha value is -3.28. The van der Waals surface area contributed by atoms with E-state index in [1.807, 2.05) is 36.4 Å². The second kappa shape index (κ2) is 6.65. The van der Waals surface area contributed by atoms with Crippen molar-refractivity contribution in [3.05, 3.63) is 82.7 Å². The number of hydrogen-bond donors (Lipinski definition) is 1. The van der Waals surface area contributed by atoms with Crippen LogP contribution in [-0.4, -0.2) is 14.9 Å². The fourth-order valence-electron chi connectivity index (χ4n) is 2.19. The molecular weight excluding hydrogens is 292 g/mol. The first-order valence-electron chi connectivity index (χ1n) is 7.08. The molecule has 0 aliphatic heterocycles. The highest BCUT2D eigenvalue weighted by Crippen LogP contribution is 2.29. The van der Waals surface area contributed by atoms with Crippen molar-refractivity contribution in [2.24, 2.45) is 0 Å². The van der Waals surface area contributed by atoms with Crippen LogP contribution in [0.3, 0.4) is 0 Å². The van der Waals surface area contributed by atoms with Crippen molar-refractivity contribution in [3.63, 3.8) is 0 Å². The van der Waals surface area contributed by atoms with E-state index in [-0.39, 0.29) is 5.69 Å². The van der Waals surface area contributed by atoms with Gasteiger partial charge in [0, 0.05) is 17.8 Å². The summed E-state index contributed by atoms with van der Waals surface area (Å²) >= 11 is 0. The first-order valence-corrected chi connectivity index (χ1v) is 7.08. The lowest BCUT2D eigenvalue weighted by Crippen LogP contribution is -2.04. The molecule has 1 N–H and O–H groups in total. The van der Waals surface area contributed by atoms with Gasteiger partial charge in [0.25, 0.3) is 5.69 Å². The van der Waals surface area contributed by atoms with Crippen LogP contribution in [0.4, 0.5) is 11.5 Å². The number of rotatable bonds is 5. The summed E-state index contributed by atoms with van der Waals surface area (Å²) in [5.41, 5.74) is 1.91. The molecule has 0 aliphatic carbocycles. The molecule has 0 fully saturated rings. The number of nitrogens with zero attached hydrogens (tertiary/aromatic N) is 3. The molecule has 0 saturated heterocycles. The Morgan fingerprint density at radius 2 is 1.78 bits per heavy atom. The summed E-state index contributed by atoms with van der Waals surface area (Å²) in [4.78, 5) is 19.4. The van der Waals surface area contributed by atoms with Crippen LogP contribution in [0.25, 0.3) is 11.3 Å². The largest absolute Gasteiger partial charge is 0.364 e. The van der Waals surface area contributed by atoms with E-state index in [4.69, 9.17) is 0 Å². The van der Waals surface area contributed by atoms with E-state index < -0.39 is 4.92 Å². The monoisotopic (exact) mass is 306 g/mol. The summed E-state index contributed by atoms with van der Waals surface area (Å²) in [6.07, 6.45) is 1.72. The maximum Gasteiger partial charge on any atom is 0.295 e. The molecular formula is C17H14N4O2. The minimum Gasteiger partial charge on any atom is -0.364 e. The zero-order valence-corrected chi connectivity index (χ0v) is 12.2. The van der Waals surface area contributed by atoms with Crippen LogP contribution >= 0.6 is 0 Å². The van der Waals surface area contributed by atoms with Crippen LogP contribution in [0.2, 0.25) is 0 Å². The van der Waals surface area contributed by atoms with Gasteiger partial charge in [0.15, 0.2) is 5.69 Å². The highest BCUT2D eigenvalue weighted by atomic mass is 16.6. The summed E-state index contributed by atoms with van der Waals surface area (Å²) in [5, 5.41) is 14.4. The average molecular weight is 306 g/mol. The second-order valence-electron chi connectivity index (χ2n) is 4.86. The zero-order valence-electron chi connectivity index (χ0n) is 12.2. The summed E-state index contributed by atoms with van der Waals surface area (Å²) in [7, 11) is 0. The van der Waals surface area contributed by atoms with Crippen molar-refractivity contribution in [3.8, 4) is 11.3 Å². The molecule has 0 radical (unpaired) electrons. The van der Waals surface area contributed by atoms with E-state index in [0.29, 0.717) is 23.6 Å². The quantitative estimate of drug-likeness (QED) is 0.574. The first kappa shape index (κ1) is 14.6. The SMILES string of the molecule is O=[N+]([O-])c1ccc(NCc2ccccn2)nc1-c1ccccc1. The van der Waals surface area contributed by atoms with Crippen molar-refractivity contribution in [1.29, 1.82) is 0 Å². The normalized spacial score (nSPS) is 10.3. The lowest BCUT2D eigenvalue weighted by atomic mass is 10.1. The fourth-order valence-corrected chi connectivity index (χ4v) is 2.19. The third kappa shape index (κ3) is 3.49. The van der Waals surface area contributed by atoms with Gasteiger partial charge in [0.05, 0.1) is 17.2 Å². The second-order valence-corrected chi connectivity index (χ2v) is 4.86. The molecule has 0 atom stereocenters. The van der Waals surface area contributed by atoms with Gasteiger partial charge < -0.3 is 5.32 Å². The highest BCUT2D eigenvalue weighted by molar-refractivity contribution is 5.71. The predicted molar refractivity (Wildman–Crippen MR) is 87.9 cm³/mol. The summed E-state index contributed by atoms with van der Waals surface area (Å²) in [6, 6.07) is 17.8. The molecule has 2 heterocycles. The number of anilines is 1. The molecule has 0 saturated carbocycles. The van der Waals surface area contributed by atoms with Crippen LogP contribution in [0, 0.1) is 10.1 Å². The van der Waals surface area contributed by atoms with Crippen LogP contribution in [0.1, 0.15) is 5.69 Å². The highest BCUT2D eigenvalue weighted by Gasteiger charge is 2.17. The van der Waals surface area contributed by atoms with E-state index in [2.05, 4.69) is 15.3 Å². The zero-order chi connectivity index (χ0) is 16.1. The lowest BCUT2D eigenvalue weighted by Gasteiger charge is -2.08. The Balaban J connectivity index is 1.90. The Morgan fingerprint density at radius 3 is 2.48 bits per heavy atom. The van der Waals surface area contributed by atoms with Crippen LogP contribution in [-0.2, 0) is 6.54 Å². The molecule has 2 aromatic heterocycles. The lowest BCUT2D eigenvalue weighted by molar-refractivity contribution is -0.384. The predicted octanol–water partition coefficient (Wildman–Crippen LogP) is 3.66. The third-order valence-electron chi connectivity index (χ3n) is 3.29. The van der Waals surface area contributed by atoms with Crippen LogP contribution < -0.4 is 5.32 Å². The van der Waals surface area contributed by atoms with Crippen LogP contribution in [0.15, 0.2) is 66.9 Å². The molecule has 6 heteroatoms. The Morgan fingerprint density at radius 1 is 1.00 bits per heavy atom. The number of nitro groups is 1. The molecule has 0 bridgehead atoms. The average Bonchev–Trinajstić information content (AvgIpc) is 2.61. The standard InChI is InChI=1S/C17H14N4O2/c22-21(23)15-9-10-16(19-12-14-8-4-5-11-18-14)20-17(15)13-6-2-1-3-7-13/h1-11H,12H2,(H,19,20). The van der Waals surface area contributed by atoms with Gasteiger partial charge >= 0.3 is 0 Å². The molecule has 114 valence electrons. The fraction of sp³-hybridized carbons (Fsp3) is 0.0588. The molecule has 0 aliphatic rings. The topological polar surface area (TPSA) is 81.0 Å². The van der Waals surface area contributed by atoms with Gasteiger partial charge in [-0.1, -0.05) is 36.4 Å². The van der Waals surface area contributed by atoms with E-state index in [1.165, 1.54) is 6.07 Å². The van der Waals surface area contributed by atoms with Gasteiger partial charge in [-0.25, -0.2) is 4.98 Å². The van der Waals surface area contributed by atoms with E-state index >= 15 is 0 Å². The summed E-state index contributed by atoms with van der Waals surface area (Å²) in [5.74, 6) is 0.570. The summed E-state index contributed by atoms with van der Waals surface area (Å²) in [6.45, 7) is 0.500. The van der Waals surface area contributed by atoms with Crippen molar-refractivity contribution in [2.75, 3.05) is 5.32 Å². The minimum absolute atomic E-state index is 0.0143. The first-order chi connectivity index (χ1) is 11.2. The number of hydrogen-bond acceptors (Lipinski definition) is 5. The van der Waals surface area contributed by atoms with Gasteiger partial charge in [0.2, 0.25) is 0 Å². The van der Waals surface area contributed by atoms with Gasteiger partial charge in [-0.3, -0.25) is 15.1 Å². The molecule has 3 rings (SSSR count). The Bertz CT molecular complexity index is 807. The van der Waals surface area contributed by atoms with Crippen molar-refractivity contribution in [1.82, 2.24) is 9.97 Å². The van der Waals surface area contributed by atoms with Gasteiger partial charge in [-0.2, -0.15) is 0 Å². The minimum atomic E-state index is -0.419. The van der Waals surface area contributed by atoms with Gasteiger partial charge in [-0.15, -0.1) is 0 Å². The third-order valence-corrected chi connectivity index (χ3v) is 3.29.